The van der Waals surface area contributed by atoms with E-state index in [0.29, 0.717) is 36.9 Å². The van der Waals surface area contributed by atoms with Gasteiger partial charge in [-0.05, 0) is 105 Å². The SMILES string of the molecule is O=C(NCCC12CC3CC(CC(C3)C1)C2)C1CCN(C(=O)c2ccc(F)cc2)CC1. The van der Waals surface area contributed by atoms with Gasteiger partial charge in [0.15, 0.2) is 0 Å². The van der Waals surface area contributed by atoms with E-state index in [1.807, 2.05) is 0 Å². The first-order valence-corrected chi connectivity index (χ1v) is 11.8. The van der Waals surface area contributed by atoms with Crippen LogP contribution in [0.3, 0.4) is 0 Å². The molecule has 4 nitrogen and oxygen atoms in total. The third-order valence-electron chi connectivity index (χ3n) is 8.36. The molecule has 1 N–H and O–H groups in total. The minimum atomic E-state index is -0.338. The summed E-state index contributed by atoms with van der Waals surface area (Å²) in [5, 5.41) is 3.23. The molecule has 0 atom stereocenters. The lowest BCUT2D eigenvalue weighted by Crippen LogP contribution is -2.48. The fourth-order valence-corrected chi connectivity index (χ4v) is 7.31. The van der Waals surface area contributed by atoms with E-state index in [0.717, 1.165) is 30.7 Å². The van der Waals surface area contributed by atoms with Crippen LogP contribution in [0.4, 0.5) is 4.39 Å². The van der Waals surface area contributed by atoms with Gasteiger partial charge in [-0.3, -0.25) is 9.59 Å². The maximum Gasteiger partial charge on any atom is 0.253 e. The van der Waals surface area contributed by atoms with Gasteiger partial charge in [0.1, 0.15) is 5.82 Å². The number of piperidine rings is 1. The Labute approximate surface area is 178 Å². The number of nitrogens with one attached hydrogen (secondary N) is 1. The highest BCUT2D eigenvalue weighted by atomic mass is 19.1. The van der Waals surface area contributed by atoms with Crippen molar-refractivity contribution in [3.8, 4) is 0 Å². The van der Waals surface area contributed by atoms with Crippen LogP contribution in [0.15, 0.2) is 24.3 Å². The number of rotatable bonds is 5. The van der Waals surface area contributed by atoms with Crippen LogP contribution in [0.2, 0.25) is 0 Å². The summed E-state index contributed by atoms with van der Waals surface area (Å²) in [5.41, 5.74) is 1.02. The molecule has 5 heteroatoms. The summed E-state index contributed by atoms with van der Waals surface area (Å²) >= 11 is 0. The maximum absolute atomic E-state index is 13.1. The van der Waals surface area contributed by atoms with Crippen molar-refractivity contribution in [1.82, 2.24) is 10.2 Å². The van der Waals surface area contributed by atoms with E-state index >= 15 is 0 Å². The summed E-state index contributed by atoms with van der Waals surface area (Å²) in [7, 11) is 0. The van der Waals surface area contributed by atoms with E-state index in [1.165, 1.54) is 62.8 Å². The smallest absolute Gasteiger partial charge is 0.253 e. The Balaban J connectivity index is 1.07. The first kappa shape index (κ1) is 20.0. The van der Waals surface area contributed by atoms with E-state index in [2.05, 4.69) is 5.32 Å². The molecule has 4 aliphatic carbocycles. The van der Waals surface area contributed by atoms with Crippen molar-refractivity contribution in [2.45, 2.75) is 57.8 Å². The van der Waals surface area contributed by atoms with Gasteiger partial charge in [-0.2, -0.15) is 0 Å². The van der Waals surface area contributed by atoms with Gasteiger partial charge in [0.25, 0.3) is 5.91 Å². The highest BCUT2D eigenvalue weighted by Crippen LogP contribution is 2.61. The molecule has 6 rings (SSSR count). The molecule has 162 valence electrons. The average Bonchev–Trinajstić information content (AvgIpc) is 2.73. The highest BCUT2D eigenvalue weighted by molar-refractivity contribution is 5.94. The first-order valence-electron chi connectivity index (χ1n) is 11.8. The lowest BCUT2D eigenvalue weighted by molar-refractivity contribution is -0.126. The zero-order chi connectivity index (χ0) is 20.7. The second-order valence-corrected chi connectivity index (χ2v) is 10.5. The van der Waals surface area contributed by atoms with Gasteiger partial charge < -0.3 is 10.2 Å². The number of nitrogens with zero attached hydrogens (tertiary/aromatic N) is 1. The fraction of sp³-hybridized carbons (Fsp3) is 0.680. The van der Waals surface area contributed by atoms with Crippen molar-refractivity contribution in [2.75, 3.05) is 19.6 Å². The summed E-state index contributed by atoms with van der Waals surface area (Å²) in [6.07, 6.45) is 11.1. The largest absolute Gasteiger partial charge is 0.356 e. The lowest BCUT2D eigenvalue weighted by Gasteiger charge is -2.57. The molecule has 1 saturated heterocycles. The Morgan fingerprint density at radius 1 is 0.967 bits per heavy atom. The number of carbonyl (C=O) groups excluding carboxylic acids is 2. The third kappa shape index (κ3) is 4.00. The zero-order valence-electron chi connectivity index (χ0n) is 17.7. The van der Waals surface area contributed by atoms with Crippen molar-refractivity contribution in [1.29, 1.82) is 0 Å². The lowest BCUT2D eigenvalue weighted by atomic mass is 9.49. The van der Waals surface area contributed by atoms with Gasteiger partial charge in [0.2, 0.25) is 5.91 Å². The Morgan fingerprint density at radius 2 is 1.53 bits per heavy atom. The van der Waals surface area contributed by atoms with Gasteiger partial charge in [0.05, 0.1) is 0 Å². The second kappa shape index (κ2) is 7.97. The first-order chi connectivity index (χ1) is 14.5. The standard InChI is InChI=1S/C25H33FN2O2/c26-22-3-1-21(2-4-22)24(30)28-9-5-20(6-10-28)23(29)27-8-7-25-14-17-11-18(15-25)13-19(12-17)16-25/h1-4,17-20H,5-16H2,(H,27,29). The van der Waals surface area contributed by atoms with Gasteiger partial charge >= 0.3 is 0 Å². The van der Waals surface area contributed by atoms with Crippen molar-refractivity contribution >= 4 is 11.8 Å². The minimum absolute atomic E-state index is 0.00127. The summed E-state index contributed by atoms with van der Waals surface area (Å²) in [4.78, 5) is 27.1. The molecule has 1 aromatic carbocycles. The van der Waals surface area contributed by atoms with Crippen LogP contribution in [0.1, 0.15) is 68.1 Å². The van der Waals surface area contributed by atoms with Gasteiger partial charge in [-0.1, -0.05) is 0 Å². The molecule has 0 aromatic heterocycles. The van der Waals surface area contributed by atoms with E-state index in [-0.39, 0.29) is 23.5 Å². The monoisotopic (exact) mass is 412 g/mol. The molecule has 0 radical (unpaired) electrons. The zero-order valence-corrected chi connectivity index (χ0v) is 17.7. The van der Waals surface area contributed by atoms with Gasteiger partial charge in [-0.25, -0.2) is 4.39 Å². The van der Waals surface area contributed by atoms with Crippen LogP contribution in [-0.4, -0.2) is 36.3 Å². The molecule has 5 fully saturated rings. The van der Waals surface area contributed by atoms with Crippen molar-refractivity contribution in [3.63, 3.8) is 0 Å². The molecule has 30 heavy (non-hydrogen) atoms. The number of hydrogen-bond donors (Lipinski definition) is 1. The number of hydrogen-bond acceptors (Lipinski definition) is 2. The molecule has 0 spiro atoms. The summed E-state index contributed by atoms with van der Waals surface area (Å²) in [6.45, 7) is 1.98. The number of benzene rings is 1. The summed E-state index contributed by atoms with van der Waals surface area (Å²) < 4.78 is 13.1. The molecule has 2 amide bonds. The number of likely N-dealkylation sites (tertiary alicyclic amines) is 1. The molecule has 4 bridgehead atoms. The number of halogens is 1. The molecule has 0 unspecified atom stereocenters. The fourth-order valence-electron chi connectivity index (χ4n) is 7.31. The predicted octanol–water partition coefficient (Wildman–Crippen LogP) is 4.40. The van der Waals surface area contributed by atoms with Crippen LogP contribution < -0.4 is 5.32 Å². The molecule has 5 aliphatic rings. The van der Waals surface area contributed by atoms with E-state index in [9.17, 15) is 14.0 Å². The van der Waals surface area contributed by atoms with Crippen LogP contribution in [0, 0.1) is 34.9 Å². The molecule has 1 heterocycles. The van der Waals surface area contributed by atoms with Crippen molar-refractivity contribution in [2.24, 2.45) is 29.1 Å². The van der Waals surface area contributed by atoms with Crippen molar-refractivity contribution < 1.29 is 14.0 Å². The van der Waals surface area contributed by atoms with Crippen molar-refractivity contribution in [3.05, 3.63) is 35.6 Å². The van der Waals surface area contributed by atoms with E-state index in [1.54, 1.807) is 4.90 Å². The third-order valence-corrected chi connectivity index (χ3v) is 8.36. The quantitative estimate of drug-likeness (QED) is 0.779. The number of amides is 2. The summed E-state index contributed by atoms with van der Waals surface area (Å²) in [5.74, 6) is 2.61. The average molecular weight is 413 g/mol. The van der Waals surface area contributed by atoms with Gasteiger partial charge in [0, 0.05) is 31.1 Å². The number of carbonyl (C=O) groups is 2. The Bertz CT molecular complexity index is 763. The van der Waals surface area contributed by atoms with Gasteiger partial charge in [-0.15, -0.1) is 0 Å². The maximum atomic E-state index is 13.1. The second-order valence-electron chi connectivity index (χ2n) is 10.5. The normalized spacial score (nSPS) is 33.0. The minimum Gasteiger partial charge on any atom is -0.356 e. The molecule has 4 saturated carbocycles. The Hall–Kier alpha value is -1.91. The molecule has 1 aromatic rings. The summed E-state index contributed by atoms with van der Waals surface area (Å²) in [6, 6.07) is 5.69. The molecule has 1 aliphatic heterocycles. The van der Waals surface area contributed by atoms with E-state index < -0.39 is 0 Å². The van der Waals surface area contributed by atoms with Crippen LogP contribution in [-0.2, 0) is 4.79 Å². The molecular formula is C25H33FN2O2. The van der Waals surface area contributed by atoms with Crippen LogP contribution >= 0.6 is 0 Å². The Kier molecular flexibility index (Phi) is 5.32. The van der Waals surface area contributed by atoms with Crippen LogP contribution in [0.25, 0.3) is 0 Å². The predicted molar refractivity (Wildman–Crippen MR) is 113 cm³/mol. The van der Waals surface area contributed by atoms with Crippen LogP contribution in [0.5, 0.6) is 0 Å². The highest BCUT2D eigenvalue weighted by Gasteiger charge is 2.50. The molecular weight excluding hydrogens is 379 g/mol. The van der Waals surface area contributed by atoms with E-state index in [4.69, 9.17) is 0 Å². The Morgan fingerprint density at radius 3 is 2.10 bits per heavy atom. The topological polar surface area (TPSA) is 49.4 Å².